The fourth-order valence-corrected chi connectivity index (χ4v) is 3.42. The summed E-state index contributed by atoms with van der Waals surface area (Å²) < 4.78 is 7.16. The van der Waals surface area contributed by atoms with E-state index in [2.05, 4.69) is 29.2 Å². The number of ether oxygens (including phenoxy) is 1. The third-order valence-corrected chi connectivity index (χ3v) is 5.20. The number of rotatable bonds is 10. The molecule has 1 N–H and O–H groups in total. The van der Waals surface area contributed by atoms with Gasteiger partial charge in [0.1, 0.15) is 12.4 Å². The van der Waals surface area contributed by atoms with Gasteiger partial charge in [-0.2, -0.15) is 5.10 Å². The van der Waals surface area contributed by atoms with Crippen molar-refractivity contribution in [3.8, 4) is 5.75 Å². The molecule has 0 saturated heterocycles. The van der Waals surface area contributed by atoms with Gasteiger partial charge in [-0.15, -0.1) is 0 Å². The molecule has 31 heavy (non-hydrogen) atoms. The first-order valence-electron chi connectivity index (χ1n) is 10.8. The van der Waals surface area contributed by atoms with Gasteiger partial charge in [-0.25, -0.2) is 4.68 Å². The summed E-state index contributed by atoms with van der Waals surface area (Å²) in [6, 6.07) is 14.3. The average molecular weight is 423 g/mol. The van der Waals surface area contributed by atoms with Crippen molar-refractivity contribution in [3.05, 3.63) is 64.6 Å². The van der Waals surface area contributed by atoms with Crippen LogP contribution in [0.4, 0.5) is 5.69 Å². The Balaban J connectivity index is 1.74. The van der Waals surface area contributed by atoms with Gasteiger partial charge in [0.15, 0.2) is 5.69 Å². The topological polar surface area (TPSA) is 76.5 Å². The van der Waals surface area contributed by atoms with Crippen molar-refractivity contribution in [2.45, 2.75) is 33.7 Å². The molecule has 3 rings (SSSR count). The number of aromatic nitrogens is 2. The van der Waals surface area contributed by atoms with Gasteiger partial charge in [0.05, 0.1) is 5.39 Å². The first-order chi connectivity index (χ1) is 15.1. The zero-order chi connectivity index (χ0) is 22.2. The summed E-state index contributed by atoms with van der Waals surface area (Å²) in [5, 5.41) is 8.26. The Hall–Kier alpha value is -3.19. The zero-order valence-corrected chi connectivity index (χ0v) is 18.4. The Kier molecular flexibility index (Phi) is 7.78. The molecular formula is C24H30N4O3. The molecule has 7 nitrogen and oxygen atoms in total. The van der Waals surface area contributed by atoms with E-state index in [0.717, 1.165) is 31.8 Å². The van der Waals surface area contributed by atoms with E-state index in [1.165, 1.54) is 4.68 Å². The number of aryl methyl sites for hydroxylation is 1. The van der Waals surface area contributed by atoms with Crippen LogP contribution in [0.25, 0.3) is 10.8 Å². The molecule has 0 saturated carbocycles. The molecular weight excluding hydrogens is 392 g/mol. The molecule has 0 atom stereocenters. The summed E-state index contributed by atoms with van der Waals surface area (Å²) in [7, 11) is 0. The number of nitrogens with one attached hydrogen (secondary N) is 1. The number of anilines is 1. The first-order valence-corrected chi connectivity index (χ1v) is 10.8. The minimum atomic E-state index is -0.351. The third kappa shape index (κ3) is 5.49. The second-order valence-corrected chi connectivity index (χ2v) is 7.28. The number of carbonyl (C=O) groups is 1. The van der Waals surface area contributed by atoms with Gasteiger partial charge in [-0.3, -0.25) is 9.59 Å². The highest BCUT2D eigenvalue weighted by atomic mass is 16.5. The van der Waals surface area contributed by atoms with Gasteiger partial charge in [0.2, 0.25) is 0 Å². The van der Waals surface area contributed by atoms with Gasteiger partial charge < -0.3 is 15.0 Å². The fraction of sp³-hybridized carbons (Fsp3) is 0.375. The predicted octanol–water partition coefficient (Wildman–Crippen LogP) is 3.78. The summed E-state index contributed by atoms with van der Waals surface area (Å²) in [6.07, 6.45) is 0.752. The second kappa shape index (κ2) is 10.7. The number of amides is 1. The Bertz CT molecular complexity index is 1070. The lowest BCUT2D eigenvalue weighted by atomic mass is 10.1. The number of fused-ring (bicyclic) bond motifs is 1. The van der Waals surface area contributed by atoms with Crippen LogP contribution in [0, 0.1) is 0 Å². The molecule has 1 amide bonds. The SMILES string of the molecule is CCCn1nc(C(=O)Nc2ccc(OCCN(CC)CC)cc2)c2ccccc2c1=O. The molecule has 0 spiro atoms. The quantitative estimate of drug-likeness (QED) is 0.538. The fourth-order valence-electron chi connectivity index (χ4n) is 3.42. The minimum absolute atomic E-state index is 0.180. The van der Waals surface area contributed by atoms with E-state index in [0.29, 0.717) is 29.6 Å². The van der Waals surface area contributed by atoms with E-state index >= 15 is 0 Å². The smallest absolute Gasteiger partial charge is 0.276 e. The lowest BCUT2D eigenvalue weighted by molar-refractivity contribution is 0.102. The van der Waals surface area contributed by atoms with Gasteiger partial charge in [-0.1, -0.05) is 39.0 Å². The summed E-state index contributed by atoms with van der Waals surface area (Å²) in [6.45, 7) is 10.2. The van der Waals surface area contributed by atoms with Gasteiger partial charge in [-0.05, 0) is 49.8 Å². The monoisotopic (exact) mass is 422 g/mol. The Morgan fingerprint density at radius 2 is 1.71 bits per heavy atom. The van der Waals surface area contributed by atoms with Crippen LogP contribution in [0.2, 0.25) is 0 Å². The van der Waals surface area contributed by atoms with Crippen molar-refractivity contribution in [1.29, 1.82) is 0 Å². The first kappa shape index (κ1) is 22.5. The van der Waals surface area contributed by atoms with Crippen LogP contribution in [0.5, 0.6) is 5.75 Å². The molecule has 3 aromatic rings. The summed E-state index contributed by atoms with van der Waals surface area (Å²) in [5.74, 6) is 0.404. The van der Waals surface area contributed by atoms with Crippen molar-refractivity contribution >= 4 is 22.4 Å². The molecule has 0 unspecified atom stereocenters. The van der Waals surface area contributed by atoms with Crippen LogP contribution in [0.1, 0.15) is 37.7 Å². The Morgan fingerprint density at radius 1 is 1.03 bits per heavy atom. The predicted molar refractivity (Wildman–Crippen MR) is 124 cm³/mol. The van der Waals surface area contributed by atoms with Crippen LogP contribution in [0.15, 0.2) is 53.3 Å². The van der Waals surface area contributed by atoms with Crippen molar-refractivity contribution < 1.29 is 9.53 Å². The molecule has 0 aliphatic rings. The normalized spacial score (nSPS) is 11.1. The van der Waals surface area contributed by atoms with Crippen LogP contribution in [-0.2, 0) is 6.54 Å². The molecule has 0 fully saturated rings. The van der Waals surface area contributed by atoms with Crippen molar-refractivity contribution in [1.82, 2.24) is 14.7 Å². The van der Waals surface area contributed by atoms with E-state index in [9.17, 15) is 9.59 Å². The maximum atomic E-state index is 13.0. The molecule has 0 radical (unpaired) electrons. The maximum Gasteiger partial charge on any atom is 0.276 e. The highest BCUT2D eigenvalue weighted by Crippen LogP contribution is 2.18. The number of hydrogen-bond donors (Lipinski definition) is 1. The number of nitrogens with zero attached hydrogens (tertiary/aromatic N) is 3. The van der Waals surface area contributed by atoms with Crippen LogP contribution in [0.3, 0.4) is 0 Å². The number of hydrogen-bond acceptors (Lipinski definition) is 5. The number of carbonyl (C=O) groups excluding carboxylic acids is 1. The van der Waals surface area contributed by atoms with Crippen LogP contribution < -0.4 is 15.6 Å². The van der Waals surface area contributed by atoms with E-state index in [4.69, 9.17) is 4.74 Å². The highest BCUT2D eigenvalue weighted by molar-refractivity contribution is 6.11. The molecule has 1 aromatic heterocycles. The van der Waals surface area contributed by atoms with Gasteiger partial charge in [0.25, 0.3) is 11.5 Å². The van der Waals surface area contributed by atoms with Crippen LogP contribution >= 0.6 is 0 Å². The highest BCUT2D eigenvalue weighted by Gasteiger charge is 2.16. The van der Waals surface area contributed by atoms with Gasteiger partial charge >= 0.3 is 0 Å². The molecule has 1 heterocycles. The standard InChI is InChI=1S/C24H30N4O3/c1-4-15-28-24(30)21-10-8-7-9-20(21)22(26-28)23(29)25-18-11-13-19(14-12-18)31-17-16-27(5-2)6-3/h7-14H,4-6,15-17H2,1-3H3,(H,25,29). The number of likely N-dealkylation sites (N-methyl/N-ethyl adjacent to an activating group) is 1. The largest absolute Gasteiger partial charge is 0.492 e. The van der Waals surface area contributed by atoms with Gasteiger partial charge in [0, 0.05) is 24.2 Å². The lowest BCUT2D eigenvalue weighted by Gasteiger charge is -2.18. The van der Waals surface area contributed by atoms with E-state index in [-0.39, 0.29) is 17.2 Å². The van der Waals surface area contributed by atoms with Crippen molar-refractivity contribution in [3.63, 3.8) is 0 Å². The van der Waals surface area contributed by atoms with Crippen molar-refractivity contribution in [2.24, 2.45) is 0 Å². The molecule has 2 aromatic carbocycles. The Labute approximate surface area is 182 Å². The Morgan fingerprint density at radius 3 is 2.35 bits per heavy atom. The van der Waals surface area contributed by atoms with Crippen molar-refractivity contribution in [2.75, 3.05) is 31.6 Å². The lowest BCUT2D eigenvalue weighted by Crippen LogP contribution is -2.28. The summed E-state index contributed by atoms with van der Waals surface area (Å²) in [5.41, 5.74) is 0.698. The molecule has 0 aliphatic heterocycles. The average Bonchev–Trinajstić information content (AvgIpc) is 2.80. The minimum Gasteiger partial charge on any atom is -0.492 e. The number of benzene rings is 2. The van der Waals surface area contributed by atoms with Crippen LogP contribution in [-0.4, -0.2) is 46.8 Å². The van der Waals surface area contributed by atoms with E-state index in [1.54, 1.807) is 36.4 Å². The zero-order valence-electron chi connectivity index (χ0n) is 18.4. The second-order valence-electron chi connectivity index (χ2n) is 7.28. The van der Waals surface area contributed by atoms with E-state index in [1.807, 2.05) is 19.1 Å². The van der Waals surface area contributed by atoms with E-state index < -0.39 is 0 Å². The maximum absolute atomic E-state index is 13.0. The summed E-state index contributed by atoms with van der Waals surface area (Å²) in [4.78, 5) is 27.9. The summed E-state index contributed by atoms with van der Waals surface area (Å²) >= 11 is 0. The molecule has 7 heteroatoms. The molecule has 0 bridgehead atoms. The molecule has 0 aliphatic carbocycles. The molecule has 164 valence electrons. The third-order valence-electron chi connectivity index (χ3n) is 5.20.